The first-order valence-electron chi connectivity index (χ1n) is 6.18. The van der Waals surface area contributed by atoms with E-state index in [0.717, 1.165) is 5.75 Å². The minimum absolute atomic E-state index is 0.122. The van der Waals surface area contributed by atoms with E-state index in [9.17, 15) is 14.4 Å². The Morgan fingerprint density at radius 3 is 2.80 bits per heavy atom. The van der Waals surface area contributed by atoms with E-state index in [4.69, 9.17) is 5.11 Å². The highest BCUT2D eigenvalue weighted by Gasteiger charge is 2.26. The second-order valence-electron chi connectivity index (χ2n) is 4.79. The Kier molecular flexibility index (Phi) is 4.12. The number of aliphatic carboxylic acids is 1. The van der Waals surface area contributed by atoms with Crippen LogP contribution in [0.15, 0.2) is 16.1 Å². The molecule has 2 heterocycles. The highest BCUT2D eigenvalue weighted by molar-refractivity contribution is 7.99. The molecule has 1 atom stereocenters. The minimum Gasteiger partial charge on any atom is -0.480 e. The lowest BCUT2D eigenvalue weighted by molar-refractivity contribution is -0.140. The molecule has 0 saturated carbocycles. The summed E-state index contributed by atoms with van der Waals surface area (Å²) >= 11 is 1.45. The first kappa shape index (κ1) is 14.6. The molecule has 1 aromatic heterocycles. The van der Waals surface area contributed by atoms with E-state index in [2.05, 4.69) is 10.3 Å². The molecule has 0 aromatic carbocycles. The second kappa shape index (κ2) is 5.66. The smallest absolute Gasteiger partial charge is 0.326 e. The molecule has 0 spiro atoms. The van der Waals surface area contributed by atoms with Crippen LogP contribution in [0, 0.1) is 5.92 Å². The molecule has 7 nitrogen and oxygen atoms in total. The lowest BCUT2D eigenvalue weighted by atomic mass is 10.0. The van der Waals surface area contributed by atoms with Gasteiger partial charge in [0.25, 0.3) is 11.5 Å². The molecule has 0 radical (unpaired) electrons. The third-order valence-electron chi connectivity index (χ3n) is 3.02. The van der Waals surface area contributed by atoms with Gasteiger partial charge in [-0.2, -0.15) is 0 Å². The van der Waals surface area contributed by atoms with Crippen molar-refractivity contribution in [2.45, 2.75) is 31.6 Å². The molecule has 0 fully saturated rings. The molecule has 1 aliphatic heterocycles. The predicted octanol–water partition coefficient (Wildman–Crippen LogP) is 0.188. The van der Waals surface area contributed by atoms with Crippen LogP contribution in [0.5, 0.6) is 0 Å². The Morgan fingerprint density at radius 2 is 2.20 bits per heavy atom. The van der Waals surface area contributed by atoms with Crippen molar-refractivity contribution in [3.8, 4) is 0 Å². The van der Waals surface area contributed by atoms with Gasteiger partial charge < -0.3 is 10.4 Å². The summed E-state index contributed by atoms with van der Waals surface area (Å²) in [6.07, 6.45) is 1.21. The highest BCUT2D eigenvalue weighted by atomic mass is 32.2. The fourth-order valence-electron chi connectivity index (χ4n) is 1.91. The van der Waals surface area contributed by atoms with E-state index < -0.39 is 23.5 Å². The van der Waals surface area contributed by atoms with Crippen molar-refractivity contribution >= 4 is 23.6 Å². The molecular formula is C12H15N3O4S. The number of thioether (sulfide) groups is 1. The number of nitrogens with zero attached hydrogens (tertiary/aromatic N) is 2. The molecule has 1 aromatic rings. The molecule has 2 rings (SSSR count). The average molecular weight is 297 g/mol. The van der Waals surface area contributed by atoms with Crippen molar-refractivity contribution in [3.63, 3.8) is 0 Å². The van der Waals surface area contributed by atoms with Crippen molar-refractivity contribution in [1.82, 2.24) is 14.9 Å². The third-order valence-corrected chi connectivity index (χ3v) is 3.99. The summed E-state index contributed by atoms with van der Waals surface area (Å²) < 4.78 is 1.44. The maximum Gasteiger partial charge on any atom is 0.326 e. The van der Waals surface area contributed by atoms with Crippen molar-refractivity contribution in [1.29, 1.82) is 0 Å². The fourth-order valence-corrected chi connectivity index (χ4v) is 2.82. The van der Waals surface area contributed by atoms with Gasteiger partial charge in [-0.25, -0.2) is 9.78 Å². The maximum atomic E-state index is 12.1. The Balaban J connectivity index is 2.26. The van der Waals surface area contributed by atoms with Gasteiger partial charge in [-0.05, 0) is 5.92 Å². The standard InChI is InChI=1S/C12H15N3O4S/c1-6(2)8(11(18)19)14-9(16)7-5-13-12-15(10(7)17)3-4-20-12/h5-6,8H,3-4H2,1-2H3,(H,14,16)(H,18,19)/t8-/m0/s1. The normalized spacial score (nSPS) is 14.9. The third kappa shape index (κ3) is 2.69. The van der Waals surface area contributed by atoms with Crippen molar-refractivity contribution in [2.24, 2.45) is 5.92 Å². The second-order valence-corrected chi connectivity index (χ2v) is 5.86. The molecule has 0 unspecified atom stereocenters. The Hall–Kier alpha value is -1.83. The van der Waals surface area contributed by atoms with Crippen molar-refractivity contribution in [2.75, 3.05) is 5.75 Å². The summed E-state index contributed by atoms with van der Waals surface area (Å²) in [5.41, 5.74) is -0.548. The number of amides is 1. The molecule has 1 amide bonds. The monoisotopic (exact) mass is 297 g/mol. The van der Waals surface area contributed by atoms with Crippen LogP contribution < -0.4 is 10.9 Å². The number of carbonyl (C=O) groups is 2. The van der Waals surface area contributed by atoms with Gasteiger partial charge in [0.05, 0.1) is 0 Å². The molecule has 0 saturated heterocycles. The number of carboxylic acid groups (broad SMARTS) is 1. The minimum atomic E-state index is -1.13. The zero-order valence-electron chi connectivity index (χ0n) is 11.1. The summed E-state index contributed by atoms with van der Waals surface area (Å²) in [5.74, 6) is -1.36. The van der Waals surface area contributed by atoms with E-state index in [1.807, 2.05) is 0 Å². The molecule has 108 valence electrons. The van der Waals surface area contributed by atoms with Crippen LogP contribution in [-0.2, 0) is 11.3 Å². The number of rotatable bonds is 4. The van der Waals surface area contributed by atoms with E-state index in [1.54, 1.807) is 13.8 Å². The van der Waals surface area contributed by atoms with Gasteiger partial charge in [-0.1, -0.05) is 25.6 Å². The summed E-state index contributed by atoms with van der Waals surface area (Å²) in [5, 5.41) is 12.0. The Morgan fingerprint density at radius 1 is 1.50 bits per heavy atom. The van der Waals surface area contributed by atoms with Gasteiger partial charge in [0, 0.05) is 18.5 Å². The van der Waals surface area contributed by atoms with E-state index in [-0.39, 0.29) is 11.5 Å². The zero-order valence-corrected chi connectivity index (χ0v) is 11.9. The summed E-state index contributed by atoms with van der Waals surface area (Å²) in [6.45, 7) is 3.88. The van der Waals surface area contributed by atoms with E-state index >= 15 is 0 Å². The summed E-state index contributed by atoms with van der Waals surface area (Å²) in [6, 6.07) is -1.03. The number of carbonyl (C=O) groups excluding carboxylic acids is 1. The first-order valence-corrected chi connectivity index (χ1v) is 7.16. The predicted molar refractivity (Wildman–Crippen MR) is 72.9 cm³/mol. The largest absolute Gasteiger partial charge is 0.480 e. The zero-order chi connectivity index (χ0) is 14.9. The summed E-state index contributed by atoms with van der Waals surface area (Å²) in [7, 11) is 0. The van der Waals surface area contributed by atoms with Gasteiger partial charge in [0.2, 0.25) is 0 Å². The molecule has 0 aliphatic carbocycles. The maximum absolute atomic E-state index is 12.1. The fraction of sp³-hybridized carbons (Fsp3) is 0.500. The average Bonchev–Trinajstić information content (AvgIpc) is 2.84. The number of carboxylic acids is 1. The lowest BCUT2D eigenvalue weighted by Crippen LogP contribution is -2.46. The number of nitrogens with one attached hydrogen (secondary N) is 1. The van der Waals surface area contributed by atoms with Crippen LogP contribution in [0.2, 0.25) is 0 Å². The molecule has 2 N–H and O–H groups in total. The van der Waals surface area contributed by atoms with Gasteiger partial charge in [-0.15, -0.1) is 0 Å². The highest BCUT2D eigenvalue weighted by Crippen LogP contribution is 2.20. The Labute approximate surface area is 119 Å². The number of hydrogen-bond donors (Lipinski definition) is 2. The number of hydrogen-bond acceptors (Lipinski definition) is 5. The van der Waals surface area contributed by atoms with Crippen LogP contribution >= 0.6 is 11.8 Å². The first-order chi connectivity index (χ1) is 9.41. The van der Waals surface area contributed by atoms with Crippen molar-refractivity contribution < 1.29 is 14.7 Å². The lowest BCUT2D eigenvalue weighted by Gasteiger charge is -2.17. The van der Waals surface area contributed by atoms with Crippen LogP contribution in [0.3, 0.4) is 0 Å². The van der Waals surface area contributed by atoms with Crippen LogP contribution in [0.4, 0.5) is 0 Å². The molecule has 8 heteroatoms. The van der Waals surface area contributed by atoms with Crippen molar-refractivity contribution in [3.05, 3.63) is 22.1 Å². The summed E-state index contributed by atoms with van der Waals surface area (Å²) in [4.78, 5) is 39.3. The van der Waals surface area contributed by atoms with Gasteiger partial charge in [0.1, 0.15) is 11.6 Å². The van der Waals surface area contributed by atoms with Gasteiger partial charge in [0.15, 0.2) is 5.16 Å². The topological polar surface area (TPSA) is 101 Å². The van der Waals surface area contributed by atoms with Gasteiger partial charge >= 0.3 is 5.97 Å². The van der Waals surface area contributed by atoms with Gasteiger partial charge in [-0.3, -0.25) is 14.2 Å². The molecule has 1 aliphatic rings. The van der Waals surface area contributed by atoms with Crippen LogP contribution in [0.1, 0.15) is 24.2 Å². The SMILES string of the molecule is CC(C)[C@H](NC(=O)c1cnc2n(c1=O)CCS2)C(=O)O. The Bertz CT molecular complexity index is 611. The number of fused-ring (bicyclic) bond motifs is 1. The molecular weight excluding hydrogens is 282 g/mol. The molecule has 20 heavy (non-hydrogen) atoms. The van der Waals surface area contributed by atoms with Crippen LogP contribution in [0.25, 0.3) is 0 Å². The van der Waals surface area contributed by atoms with Crippen LogP contribution in [-0.4, -0.2) is 38.3 Å². The van der Waals surface area contributed by atoms with E-state index in [1.165, 1.54) is 22.5 Å². The quantitative estimate of drug-likeness (QED) is 0.769. The van der Waals surface area contributed by atoms with E-state index in [0.29, 0.717) is 11.7 Å². The molecule has 0 bridgehead atoms. The number of aromatic nitrogens is 2.